The standard InChI is InChI=1S/C27H26O2/c1-25(28)15-11-19(12-16-25)27(20-13-17-26(2,29)18-14-20)23-9-5-3-7-21(23)22-8-4-6-10-24(22)27/h3-15,17,28-29H,16,18H2,1-2H3. The van der Waals surface area contributed by atoms with Gasteiger partial charge in [-0.05, 0) is 60.1 Å². The third-order valence-corrected chi connectivity index (χ3v) is 6.53. The monoisotopic (exact) mass is 382 g/mol. The number of fused-ring (bicyclic) bond motifs is 3. The van der Waals surface area contributed by atoms with Crippen LogP contribution in [0, 0.1) is 0 Å². The number of allylic oxidation sites excluding steroid dienone is 4. The Balaban J connectivity index is 1.82. The SMILES string of the molecule is CC1(O)C=CC(C2(C3=CCC(C)(O)C=C3)c3ccccc3-c3ccccc32)=CC1. The summed E-state index contributed by atoms with van der Waals surface area (Å²) in [5.74, 6) is 0. The predicted octanol–water partition coefficient (Wildman–Crippen LogP) is 5.23. The number of rotatable bonds is 2. The van der Waals surface area contributed by atoms with E-state index in [1.807, 2.05) is 26.0 Å². The molecule has 2 aromatic carbocycles. The van der Waals surface area contributed by atoms with Crippen molar-refractivity contribution < 1.29 is 10.2 Å². The molecule has 2 heteroatoms. The average Bonchev–Trinajstić information content (AvgIpc) is 3.00. The van der Waals surface area contributed by atoms with Crippen molar-refractivity contribution in [1.82, 2.24) is 0 Å². The number of benzene rings is 2. The largest absolute Gasteiger partial charge is 0.386 e. The van der Waals surface area contributed by atoms with Crippen LogP contribution in [-0.2, 0) is 5.41 Å². The van der Waals surface area contributed by atoms with Gasteiger partial charge in [0.05, 0.1) is 16.6 Å². The zero-order valence-electron chi connectivity index (χ0n) is 16.9. The van der Waals surface area contributed by atoms with Crippen LogP contribution in [0.15, 0.2) is 96.1 Å². The molecule has 0 spiro atoms. The van der Waals surface area contributed by atoms with Crippen LogP contribution in [-0.4, -0.2) is 21.4 Å². The van der Waals surface area contributed by atoms with E-state index in [0.29, 0.717) is 12.8 Å². The minimum atomic E-state index is -0.817. The molecular formula is C27H26O2. The van der Waals surface area contributed by atoms with Gasteiger partial charge in [0.1, 0.15) is 0 Å². The summed E-state index contributed by atoms with van der Waals surface area (Å²) in [6, 6.07) is 17.2. The first-order chi connectivity index (χ1) is 13.8. The fraction of sp³-hybridized carbons (Fsp3) is 0.259. The number of aliphatic hydroxyl groups is 2. The van der Waals surface area contributed by atoms with Crippen molar-refractivity contribution >= 4 is 0 Å². The van der Waals surface area contributed by atoms with Crippen LogP contribution in [0.3, 0.4) is 0 Å². The highest BCUT2D eigenvalue weighted by molar-refractivity contribution is 5.87. The molecule has 0 heterocycles. The molecule has 2 nitrogen and oxygen atoms in total. The van der Waals surface area contributed by atoms with Gasteiger partial charge in [-0.3, -0.25) is 0 Å². The summed E-state index contributed by atoms with van der Waals surface area (Å²) in [5, 5.41) is 21.0. The van der Waals surface area contributed by atoms with Gasteiger partial charge in [-0.2, -0.15) is 0 Å². The molecule has 0 aromatic heterocycles. The van der Waals surface area contributed by atoms with Crippen LogP contribution in [0.2, 0.25) is 0 Å². The van der Waals surface area contributed by atoms with Crippen molar-refractivity contribution in [2.24, 2.45) is 0 Å². The normalized spacial score (nSPS) is 29.1. The molecule has 5 rings (SSSR count). The van der Waals surface area contributed by atoms with Gasteiger partial charge in [0.15, 0.2) is 0 Å². The molecule has 2 atom stereocenters. The fourth-order valence-electron chi connectivity index (χ4n) is 5.02. The topological polar surface area (TPSA) is 40.5 Å². The molecule has 146 valence electrons. The summed E-state index contributed by atoms with van der Waals surface area (Å²) in [5.41, 5.74) is 5.31. The zero-order valence-corrected chi connectivity index (χ0v) is 16.9. The maximum atomic E-state index is 10.5. The lowest BCUT2D eigenvalue weighted by atomic mass is 9.63. The third kappa shape index (κ3) is 2.71. The molecule has 3 aliphatic rings. The lowest BCUT2D eigenvalue weighted by Gasteiger charge is -2.39. The molecule has 0 bridgehead atoms. The summed E-state index contributed by atoms with van der Waals surface area (Å²) in [6.45, 7) is 3.69. The second-order valence-corrected chi connectivity index (χ2v) is 8.95. The van der Waals surface area contributed by atoms with Crippen LogP contribution in [0.4, 0.5) is 0 Å². The highest BCUT2D eigenvalue weighted by atomic mass is 16.3. The van der Waals surface area contributed by atoms with E-state index in [2.05, 4.69) is 72.8 Å². The van der Waals surface area contributed by atoms with Gasteiger partial charge in [-0.15, -0.1) is 0 Å². The molecule has 0 fully saturated rings. The Kier molecular flexibility index (Phi) is 3.90. The summed E-state index contributed by atoms with van der Waals surface area (Å²) in [6.07, 6.45) is 13.5. The first-order valence-corrected chi connectivity index (χ1v) is 10.3. The summed E-state index contributed by atoms with van der Waals surface area (Å²) < 4.78 is 0. The Morgan fingerprint density at radius 1 is 0.655 bits per heavy atom. The highest BCUT2D eigenvalue weighted by Crippen LogP contribution is 2.58. The molecule has 0 amide bonds. The lowest BCUT2D eigenvalue weighted by molar-refractivity contribution is 0.113. The molecule has 2 aromatic rings. The fourth-order valence-corrected chi connectivity index (χ4v) is 5.02. The van der Waals surface area contributed by atoms with Crippen molar-refractivity contribution in [2.45, 2.75) is 43.3 Å². The zero-order chi connectivity index (χ0) is 20.3. The van der Waals surface area contributed by atoms with E-state index >= 15 is 0 Å². The summed E-state index contributed by atoms with van der Waals surface area (Å²) in [4.78, 5) is 0. The van der Waals surface area contributed by atoms with Crippen molar-refractivity contribution in [2.75, 3.05) is 0 Å². The summed E-state index contributed by atoms with van der Waals surface area (Å²) >= 11 is 0. The molecule has 2 N–H and O–H groups in total. The maximum absolute atomic E-state index is 10.5. The Labute approximate surface area is 172 Å². The second kappa shape index (κ2) is 6.16. The average molecular weight is 383 g/mol. The molecule has 3 aliphatic carbocycles. The van der Waals surface area contributed by atoms with E-state index in [1.165, 1.54) is 33.4 Å². The van der Waals surface area contributed by atoms with E-state index < -0.39 is 16.6 Å². The van der Waals surface area contributed by atoms with E-state index in [0.717, 1.165) is 0 Å². The Morgan fingerprint density at radius 3 is 1.45 bits per heavy atom. The molecule has 0 saturated carbocycles. The number of hydrogen-bond donors (Lipinski definition) is 2. The highest BCUT2D eigenvalue weighted by Gasteiger charge is 2.48. The minimum absolute atomic E-state index is 0.437. The minimum Gasteiger partial charge on any atom is -0.386 e. The van der Waals surface area contributed by atoms with Crippen LogP contribution >= 0.6 is 0 Å². The van der Waals surface area contributed by atoms with Gasteiger partial charge in [0, 0.05) is 0 Å². The Hall–Kier alpha value is -2.68. The van der Waals surface area contributed by atoms with Crippen molar-refractivity contribution in [1.29, 1.82) is 0 Å². The molecule has 2 unspecified atom stereocenters. The van der Waals surface area contributed by atoms with E-state index in [9.17, 15) is 10.2 Å². The molecule has 29 heavy (non-hydrogen) atoms. The molecule has 0 aliphatic heterocycles. The predicted molar refractivity (Wildman–Crippen MR) is 118 cm³/mol. The van der Waals surface area contributed by atoms with Gasteiger partial charge >= 0.3 is 0 Å². The van der Waals surface area contributed by atoms with Crippen molar-refractivity contribution in [3.63, 3.8) is 0 Å². The van der Waals surface area contributed by atoms with Crippen LogP contribution in [0.1, 0.15) is 37.8 Å². The molecular weight excluding hydrogens is 356 g/mol. The first kappa shape index (κ1) is 18.4. The quantitative estimate of drug-likeness (QED) is 0.747. The van der Waals surface area contributed by atoms with Crippen LogP contribution < -0.4 is 0 Å². The summed E-state index contributed by atoms with van der Waals surface area (Å²) in [7, 11) is 0. The van der Waals surface area contributed by atoms with Gasteiger partial charge in [0.25, 0.3) is 0 Å². The lowest BCUT2D eigenvalue weighted by Crippen LogP contribution is -2.34. The van der Waals surface area contributed by atoms with Crippen LogP contribution in [0.25, 0.3) is 11.1 Å². The molecule has 0 saturated heterocycles. The number of hydrogen-bond acceptors (Lipinski definition) is 2. The van der Waals surface area contributed by atoms with Gasteiger partial charge < -0.3 is 10.2 Å². The molecule has 0 radical (unpaired) electrons. The second-order valence-electron chi connectivity index (χ2n) is 8.95. The first-order valence-electron chi connectivity index (χ1n) is 10.3. The Morgan fingerprint density at radius 2 is 1.07 bits per heavy atom. The Bertz CT molecular complexity index is 1020. The van der Waals surface area contributed by atoms with E-state index in [4.69, 9.17) is 0 Å². The van der Waals surface area contributed by atoms with Gasteiger partial charge in [0.2, 0.25) is 0 Å². The van der Waals surface area contributed by atoms with Gasteiger partial charge in [-0.25, -0.2) is 0 Å². The maximum Gasteiger partial charge on any atom is 0.0837 e. The third-order valence-electron chi connectivity index (χ3n) is 6.53. The van der Waals surface area contributed by atoms with E-state index in [-0.39, 0.29) is 0 Å². The van der Waals surface area contributed by atoms with Crippen molar-refractivity contribution in [3.8, 4) is 11.1 Å². The smallest absolute Gasteiger partial charge is 0.0837 e. The van der Waals surface area contributed by atoms with E-state index in [1.54, 1.807) is 0 Å². The van der Waals surface area contributed by atoms with Gasteiger partial charge in [-0.1, -0.05) is 85.0 Å². The van der Waals surface area contributed by atoms with Crippen molar-refractivity contribution in [3.05, 3.63) is 107 Å². The van der Waals surface area contributed by atoms with Crippen LogP contribution in [0.5, 0.6) is 0 Å².